The van der Waals surface area contributed by atoms with Crippen LogP contribution in [-0.4, -0.2) is 14.5 Å². The fourth-order valence-electron chi connectivity index (χ4n) is 2.86. The smallest absolute Gasteiger partial charge is 0.207 e. The molecular weight excluding hydrogens is 327 g/mol. The van der Waals surface area contributed by atoms with E-state index < -0.39 is 32.7 Å². The maximum Gasteiger partial charge on any atom is 0.417 e. The van der Waals surface area contributed by atoms with Crippen molar-refractivity contribution in [3.8, 4) is 0 Å². The van der Waals surface area contributed by atoms with Gasteiger partial charge in [0.25, 0.3) is 0 Å². The highest BCUT2D eigenvalue weighted by Crippen LogP contribution is 2.34. The Balaban J connectivity index is 1.87. The minimum atomic E-state index is -4.72. The second kappa shape index (κ2) is 5.65. The predicted molar refractivity (Wildman–Crippen MR) is 79.4 cm³/mol. The Morgan fingerprint density at radius 2 is 1.43 bits per heavy atom. The fraction of sp³-hybridized carbons (Fsp3) is 0.250. The standard InChI is InChI=1S/C16H14F3NO2S/c17-16(18,19)14-7-3-4-8-15(14)23(21,22)20-13-9-11-5-1-2-6-12(11)10-13/h1-8,13,20H,9-10H2. The second-order valence-corrected chi connectivity index (χ2v) is 7.17. The molecule has 0 aliphatic heterocycles. The molecule has 0 saturated carbocycles. The quantitative estimate of drug-likeness (QED) is 0.932. The Hall–Kier alpha value is -1.86. The Morgan fingerprint density at radius 3 is 2.00 bits per heavy atom. The van der Waals surface area contributed by atoms with Gasteiger partial charge in [-0.15, -0.1) is 0 Å². The van der Waals surface area contributed by atoms with Crippen LogP contribution in [0.2, 0.25) is 0 Å². The van der Waals surface area contributed by atoms with Crippen LogP contribution in [0.3, 0.4) is 0 Å². The molecule has 0 fully saturated rings. The molecule has 3 rings (SSSR count). The van der Waals surface area contributed by atoms with Gasteiger partial charge in [0.05, 0.1) is 10.5 Å². The number of hydrogen-bond donors (Lipinski definition) is 1. The predicted octanol–water partition coefficient (Wildman–Crippen LogP) is 3.15. The zero-order valence-electron chi connectivity index (χ0n) is 12.0. The van der Waals surface area contributed by atoms with Crippen molar-refractivity contribution in [1.29, 1.82) is 0 Å². The number of benzene rings is 2. The first kappa shape index (κ1) is 16.0. The molecule has 122 valence electrons. The highest BCUT2D eigenvalue weighted by Gasteiger charge is 2.37. The number of nitrogens with one attached hydrogen (secondary N) is 1. The zero-order chi connectivity index (χ0) is 16.7. The second-order valence-electron chi connectivity index (χ2n) is 5.49. The number of hydrogen-bond acceptors (Lipinski definition) is 2. The first-order valence-corrected chi connectivity index (χ1v) is 8.51. The fourth-order valence-corrected chi connectivity index (χ4v) is 4.32. The number of rotatable bonds is 3. The number of alkyl halides is 3. The van der Waals surface area contributed by atoms with Gasteiger partial charge in [-0.1, -0.05) is 36.4 Å². The van der Waals surface area contributed by atoms with Crippen molar-refractivity contribution in [2.45, 2.75) is 30.0 Å². The molecule has 0 atom stereocenters. The third-order valence-electron chi connectivity index (χ3n) is 3.85. The van der Waals surface area contributed by atoms with E-state index in [1.54, 1.807) is 0 Å². The summed E-state index contributed by atoms with van der Waals surface area (Å²) in [5.74, 6) is 0. The molecule has 0 amide bonds. The summed E-state index contributed by atoms with van der Waals surface area (Å²) < 4.78 is 66.2. The Labute approximate surface area is 132 Å². The van der Waals surface area contributed by atoms with Crippen molar-refractivity contribution in [2.24, 2.45) is 0 Å². The van der Waals surface area contributed by atoms with Crippen molar-refractivity contribution < 1.29 is 21.6 Å². The SMILES string of the molecule is O=S(=O)(NC1Cc2ccccc2C1)c1ccccc1C(F)(F)F. The van der Waals surface area contributed by atoms with E-state index in [1.807, 2.05) is 24.3 Å². The van der Waals surface area contributed by atoms with Crippen LogP contribution >= 0.6 is 0 Å². The van der Waals surface area contributed by atoms with Crippen molar-refractivity contribution in [2.75, 3.05) is 0 Å². The summed E-state index contributed by atoms with van der Waals surface area (Å²) in [6.07, 6.45) is -3.77. The van der Waals surface area contributed by atoms with Crippen LogP contribution in [0, 0.1) is 0 Å². The van der Waals surface area contributed by atoms with Gasteiger partial charge >= 0.3 is 6.18 Å². The largest absolute Gasteiger partial charge is 0.417 e. The van der Waals surface area contributed by atoms with Crippen molar-refractivity contribution >= 4 is 10.0 Å². The normalized spacial score (nSPS) is 15.6. The van der Waals surface area contributed by atoms with Crippen molar-refractivity contribution in [3.63, 3.8) is 0 Å². The molecule has 7 heteroatoms. The highest BCUT2D eigenvalue weighted by atomic mass is 32.2. The summed E-state index contributed by atoms with van der Waals surface area (Å²) in [7, 11) is -4.25. The van der Waals surface area contributed by atoms with E-state index in [9.17, 15) is 21.6 Å². The first-order valence-electron chi connectivity index (χ1n) is 7.03. The van der Waals surface area contributed by atoms with Crippen molar-refractivity contribution in [3.05, 3.63) is 65.2 Å². The van der Waals surface area contributed by atoms with Gasteiger partial charge in [0.15, 0.2) is 0 Å². The summed E-state index contributed by atoms with van der Waals surface area (Å²) in [5.41, 5.74) is 0.886. The minimum absolute atomic E-state index is 0.432. The molecule has 0 radical (unpaired) electrons. The molecule has 0 spiro atoms. The molecule has 0 saturated heterocycles. The lowest BCUT2D eigenvalue weighted by molar-refractivity contribution is -0.139. The maximum absolute atomic E-state index is 13.0. The van der Waals surface area contributed by atoms with E-state index in [0.29, 0.717) is 12.8 Å². The summed E-state index contributed by atoms with van der Waals surface area (Å²) in [5, 5.41) is 0. The molecule has 3 nitrogen and oxygen atoms in total. The zero-order valence-corrected chi connectivity index (χ0v) is 12.8. The lowest BCUT2D eigenvalue weighted by atomic mass is 10.1. The van der Waals surface area contributed by atoms with E-state index in [0.717, 1.165) is 23.3 Å². The van der Waals surface area contributed by atoms with Crippen LogP contribution in [-0.2, 0) is 29.0 Å². The Morgan fingerprint density at radius 1 is 0.913 bits per heavy atom. The van der Waals surface area contributed by atoms with Gasteiger partial charge in [0.1, 0.15) is 0 Å². The van der Waals surface area contributed by atoms with Gasteiger partial charge in [-0.05, 0) is 36.1 Å². The lowest BCUT2D eigenvalue weighted by Gasteiger charge is -2.16. The number of sulfonamides is 1. The van der Waals surface area contributed by atoms with Gasteiger partial charge in [-0.3, -0.25) is 0 Å². The van der Waals surface area contributed by atoms with E-state index in [4.69, 9.17) is 0 Å². The number of halogens is 3. The van der Waals surface area contributed by atoms with Gasteiger partial charge in [0, 0.05) is 6.04 Å². The third kappa shape index (κ3) is 3.25. The van der Waals surface area contributed by atoms with E-state index in [-0.39, 0.29) is 0 Å². The lowest BCUT2D eigenvalue weighted by Crippen LogP contribution is -2.36. The molecule has 1 aliphatic carbocycles. The molecule has 0 bridgehead atoms. The average molecular weight is 341 g/mol. The van der Waals surface area contributed by atoms with Gasteiger partial charge in [-0.2, -0.15) is 13.2 Å². The van der Waals surface area contributed by atoms with Crippen LogP contribution in [0.25, 0.3) is 0 Å². The van der Waals surface area contributed by atoms with E-state index >= 15 is 0 Å². The van der Waals surface area contributed by atoms with Crippen LogP contribution in [0.15, 0.2) is 53.4 Å². The van der Waals surface area contributed by atoms with Crippen LogP contribution in [0.1, 0.15) is 16.7 Å². The maximum atomic E-state index is 13.0. The van der Waals surface area contributed by atoms with E-state index in [2.05, 4.69) is 4.72 Å². The van der Waals surface area contributed by atoms with E-state index in [1.165, 1.54) is 12.1 Å². The van der Waals surface area contributed by atoms with Crippen molar-refractivity contribution in [1.82, 2.24) is 4.72 Å². The monoisotopic (exact) mass is 341 g/mol. The van der Waals surface area contributed by atoms with Gasteiger partial charge in [0.2, 0.25) is 10.0 Å². The Bertz CT molecular complexity index is 806. The summed E-state index contributed by atoms with van der Waals surface area (Å²) in [4.78, 5) is -0.733. The molecule has 2 aromatic carbocycles. The highest BCUT2D eigenvalue weighted by molar-refractivity contribution is 7.89. The topological polar surface area (TPSA) is 46.2 Å². The van der Waals surface area contributed by atoms with Crippen LogP contribution in [0.5, 0.6) is 0 Å². The third-order valence-corrected chi connectivity index (χ3v) is 5.43. The Kier molecular flexibility index (Phi) is 3.93. The molecule has 0 heterocycles. The first-order chi connectivity index (χ1) is 10.8. The average Bonchev–Trinajstić information content (AvgIpc) is 2.87. The molecule has 1 aliphatic rings. The molecule has 2 aromatic rings. The van der Waals surface area contributed by atoms with Gasteiger partial charge < -0.3 is 0 Å². The summed E-state index contributed by atoms with van der Waals surface area (Å²) in [6, 6.07) is 11.3. The molecule has 0 aromatic heterocycles. The summed E-state index contributed by atoms with van der Waals surface area (Å²) in [6.45, 7) is 0. The van der Waals surface area contributed by atoms with Crippen LogP contribution < -0.4 is 4.72 Å². The molecule has 0 unspecified atom stereocenters. The molecule has 1 N–H and O–H groups in total. The molecule has 23 heavy (non-hydrogen) atoms. The van der Waals surface area contributed by atoms with Gasteiger partial charge in [-0.25, -0.2) is 13.1 Å². The van der Waals surface area contributed by atoms with Crippen LogP contribution in [0.4, 0.5) is 13.2 Å². The minimum Gasteiger partial charge on any atom is -0.207 e. The summed E-state index contributed by atoms with van der Waals surface area (Å²) >= 11 is 0. The number of fused-ring (bicyclic) bond motifs is 1. The molecular formula is C16H14F3NO2S.